The van der Waals surface area contributed by atoms with Crippen molar-refractivity contribution in [2.45, 2.75) is 19.8 Å². The number of methoxy groups -OCH3 is 1. The molecule has 0 aliphatic rings. The van der Waals surface area contributed by atoms with Gasteiger partial charge in [0.15, 0.2) is 0 Å². The second-order valence-corrected chi connectivity index (χ2v) is 4.29. The number of hydrogen-bond acceptors (Lipinski definition) is 4. The maximum Gasteiger partial charge on any atom is 0.573 e. The Bertz CT molecular complexity index is 490. The van der Waals surface area contributed by atoms with Gasteiger partial charge in [-0.05, 0) is 17.7 Å². The lowest BCUT2D eigenvalue weighted by Gasteiger charge is -2.10. The molecular formula is C14H19F3N2O4. The number of alkyl halides is 3. The molecule has 2 N–H and O–H groups in total. The first-order chi connectivity index (χ1) is 10.7. The summed E-state index contributed by atoms with van der Waals surface area (Å²) in [5.74, 6) is -1.05. The van der Waals surface area contributed by atoms with E-state index in [9.17, 15) is 22.8 Å². The topological polar surface area (TPSA) is 76.7 Å². The summed E-state index contributed by atoms with van der Waals surface area (Å²) in [6.45, 7) is 1.28. The summed E-state index contributed by atoms with van der Waals surface area (Å²) in [4.78, 5) is 21.9. The van der Waals surface area contributed by atoms with E-state index in [4.69, 9.17) is 0 Å². The van der Waals surface area contributed by atoms with Crippen molar-refractivity contribution >= 4 is 11.8 Å². The minimum atomic E-state index is -4.73. The van der Waals surface area contributed by atoms with Gasteiger partial charge in [0, 0.05) is 27.7 Å². The Morgan fingerprint density at radius 2 is 1.61 bits per heavy atom. The van der Waals surface area contributed by atoms with Gasteiger partial charge >= 0.3 is 6.36 Å². The van der Waals surface area contributed by atoms with Crippen molar-refractivity contribution in [1.29, 1.82) is 0 Å². The van der Waals surface area contributed by atoms with Crippen LogP contribution in [0.5, 0.6) is 5.75 Å². The number of carbonyl (C=O) groups excluding carboxylic acids is 2. The van der Waals surface area contributed by atoms with E-state index in [0.717, 1.165) is 12.1 Å². The summed E-state index contributed by atoms with van der Waals surface area (Å²) in [6.07, 6.45) is -4.73. The molecule has 23 heavy (non-hydrogen) atoms. The van der Waals surface area contributed by atoms with Crippen LogP contribution in [-0.2, 0) is 20.9 Å². The predicted octanol–water partition coefficient (Wildman–Crippen LogP) is 1.60. The highest BCUT2D eigenvalue weighted by molar-refractivity contribution is 5.83. The number of amides is 2. The van der Waals surface area contributed by atoms with Gasteiger partial charge in [-0.15, -0.1) is 13.2 Å². The first-order valence-electron chi connectivity index (χ1n) is 6.44. The highest BCUT2D eigenvalue weighted by atomic mass is 19.4. The summed E-state index contributed by atoms with van der Waals surface area (Å²) in [7, 11) is 3.25. The molecule has 1 aromatic rings. The number of nitrogens with one attached hydrogen (secondary N) is 2. The maximum atomic E-state index is 11.9. The minimum Gasteiger partial charge on any atom is -0.406 e. The van der Waals surface area contributed by atoms with E-state index >= 15 is 0 Å². The van der Waals surface area contributed by atoms with Gasteiger partial charge in [0.2, 0.25) is 11.8 Å². The van der Waals surface area contributed by atoms with Crippen LogP contribution in [0.3, 0.4) is 0 Å². The van der Waals surface area contributed by atoms with Crippen LogP contribution in [0, 0.1) is 0 Å². The Hall–Kier alpha value is -2.29. The van der Waals surface area contributed by atoms with Gasteiger partial charge in [0.1, 0.15) is 5.75 Å². The average Bonchev–Trinajstić information content (AvgIpc) is 2.43. The number of ether oxygens (including phenoxy) is 2. The lowest BCUT2D eigenvalue weighted by molar-refractivity contribution is -0.274. The fourth-order valence-corrected chi connectivity index (χ4v) is 1.28. The van der Waals surface area contributed by atoms with E-state index in [0.29, 0.717) is 5.56 Å². The first kappa shape index (κ1) is 20.7. The zero-order chi connectivity index (χ0) is 17.9. The highest BCUT2D eigenvalue weighted by Crippen LogP contribution is 2.22. The van der Waals surface area contributed by atoms with Gasteiger partial charge in [-0.2, -0.15) is 0 Å². The molecule has 0 saturated carbocycles. The Labute approximate surface area is 132 Å². The molecule has 0 radical (unpaired) electrons. The van der Waals surface area contributed by atoms with Crippen molar-refractivity contribution in [3.05, 3.63) is 29.8 Å². The van der Waals surface area contributed by atoms with Crippen molar-refractivity contribution < 1.29 is 32.2 Å². The van der Waals surface area contributed by atoms with Gasteiger partial charge < -0.3 is 20.1 Å². The highest BCUT2D eigenvalue weighted by Gasteiger charge is 2.30. The Kier molecular flexibility index (Phi) is 9.40. The predicted molar refractivity (Wildman–Crippen MR) is 76.6 cm³/mol. The molecule has 0 aliphatic heterocycles. The second-order valence-electron chi connectivity index (χ2n) is 4.29. The maximum absolute atomic E-state index is 11.9. The standard InChI is InChI=1S/C12H13F3N2O3.C2H6O/c1-8(18)16-7-11(19)17-6-9-2-4-10(5-3-9)20-12(13,14)15;1-3-2/h2-5H,6-7H2,1H3,(H,16,18)(H,17,19);1-2H3. The molecule has 6 nitrogen and oxygen atoms in total. The van der Waals surface area contributed by atoms with Gasteiger partial charge in [-0.1, -0.05) is 12.1 Å². The van der Waals surface area contributed by atoms with Gasteiger partial charge in [-0.3, -0.25) is 9.59 Å². The van der Waals surface area contributed by atoms with E-state index in [2.05, 4.69) is 20.1 Å². The summed E-state index contributed by atoms with van der Waals surface area (Å²) < 4.78 is 43.8. The van der Waals surface area contributed by atoms with Crippen LogP contribution in [-0.4, -0.2) is 38.9 Å². The summed E-state index contributed by atoms with van der Waals surface area (Å²) in [6, 6.07) is 5.12. The second kappa shape index (κ2) is 10.4. The molecule has 0 aromatic heterocycles. The van der Waals surface area contributed by atoms with Crippen LogP contribution >= 0.6 is 0 Å². The molecule has 1 aromatic carbocycles. The Morgan fingerprint density at radius 3 is 2.04 bits per heavy atom. The van der Waals surface area contributed by atoms with Crippen molar-refractivity contribution in [3.63, 3.8) is 0 Å². The molecule has 0 atom stereocenters. The van der Waals surface area contributed by atoms with Crippen LogP contribution < -0.4 is 15.4 Å². The molecule has 0 heterocycles. The van der Waals surface area contributed by atoms with Crippen LogP contribution in [0.2, 0.25) is 0 Å². The summed E-state index contributed by atoms with van der Waals surface area (Å²) >= 11 is 0. The Morgan fingerprint density at radius 1 is 1.09 bits per heavy atom. The van der Waals surface area contributed by atoms with Crippen molar-refractivity contribution in [2.75, 3.05) is 20.8 Å². The van der Waals surface area contributed by atoms with Gasteiger partial charge in [0.25, 0.3) is 0 Å². The summed E-state index contributed by atoms with van der Waals surface area (Å²) in [5, 5.41) is 4.83. The fourth-order valence-electron chi connectivity index (χ4n) is 1.28. The summed E-state index contributed by atoms with van der Waals surface area (Å²) in [5.41, 5.74) is 0.607. The quantitative estimate of drug-likeness (QED) is 0.856. The zero-order valence-electron chi connectivity index (χ0n) is 13.0. The number of rotatable bonds is 5. The molecular weight excluding hydrogens is 317 g/mol. The van der Waals surface area contributed by atoms with E-state index in [1.807, 2.05) is 0 Å². The van der Waals surface area contributed by atoms with Crippen LogP contribution in [0.15, 0.2) is 24.3 Å². The first-order valence-corrected chi connectivity index (χ1v) is 6.44. The van der Waals surface area contributed by atoms with Crippen molar-refractivity contribution in [1.82, 2.24) is 10.6 Å². The lowest BCUT2D eigenvalue weighted by Crippen LogP contribution is -2.35. The van der Waals surface area contributed by atoms with E-state index in [-0.39, 0.29) is 24.7 Å². The number of benzene rings is 1. The SMILES string of the molecule is CC(=O)NCC(=O)NCc1ccc(OC(F)(F)F)cc1.COC. The zero-order valence-corrected chi connectivity index (χ0v) is 13.0. The molecule has 0 fully saturated rings. The number of halogens is 3. The average molecular weight is 336 g/mol. The minimum absolute atomic E-state index is 0.144. The molecule has 0 saturated heterocycles. The molecule has 0 unspecified atom stereocenters. The fraction of sp³-hybridized carbons (Fsp3) is 0.429. The van der Waals surface area contributed by atoms with Crippen LogP contribution in [0.1, 0.15) is 12.5 Å². The third-order valence-electron chi connectivity index (χ3n) is 2.14. The van der Waals surface area contributed by atoms with Crippen LogP contribution in [0.25, 0.3) is 0 Å². The van der Waals surface area contributed by atoms with Crippen molar-refractivity contribution in [3.8, 4) is 5.75 Å². The molecule has 0 spiro atoms. The van der Waals surface area contributed by atoms with E-state index in [1.165, 1.54) is 19.1 Å². The lowest BCUT2D eigenvalue weighted by atomic mass is 10.2. The van der Waals surface area contributed by atoms with Crippen LogP contribution in [0.4, 0.5) is 13.2 Å². The Balaban J connectivity index is 0.00000149. The number of hydrogen-bond donors (Lipinski definition) is 2. The molecule has 0 aliphatic carbocycles. The number of carbonyl (C=O) groups is 2. The van der Waals surface area contributed by atoms with Gasteiger partial charge in [0.05, 0.1) is 6.54 Å². The normalized spacial score (nSPS) is 10.2. The largest absolute Gasteiger partial charge is 0.573 e. The molecule has 2 amide bonds. The molecule has 9 heteroatoms. The third kappa shape index (κ3) is 12.0. The van der Waals surface area contributed by atoms with Crippen molar-refractivity contribution in [2.24, 2.45) is 0 Å². The monoisotopic (exact) mass is 336 g/mol. The molecule has 1 rings (SSSR count). The van der Waals surface area contributed by atoms with E-state index < -0.39 is 12.3 Å². The molecule has 0 bridgehead atoms. The molecule has 130 valence electrons. The smallest absolute Gasteiger partial charge is 0.406 e. The van der Waals surface area contributed by atoms with E-state index in [1.54, 1.807) is 14.2 Å². The third-order valence-corrected chi connectivity index (χ3v) is 2.14. The van der Waals surface area contributed by atoms with Gasteiger partial charge in [-0.25, -0.2) is 0 Å².